The van der Waals surface area contributed by atoms with Gasteiger partial charge in [-0.25, -0.2) is 0 Å². The number of carbonyl (C=O) groups excluding carboxylic acids is 2. The van der Waals surface area contributed by atoms with Crippen LogP contribution in [0.25, 0.3) is 0 Å². The van der Waals surface area contributed by atoms with E-state index < -0.39 is 0 Å². The van der Waals surface area contributed by atoms with Crippen molar-refractivity contribution in [3.8, 4) is 5.75 Å². The van der Waals surface area contributed by atoms with E-state index in [0.29, 0.717) is 21.3 Å². The molecule has 1 heterocycles. The minimum Gasteiger partial charge on any atom is -0.495 e. The number of hydrogen-bond acceptors (Lipinski definition) is 4. The van der Waals surface area contributed by atoms with E-state index in [1.807, 2.05) is 0 Å². The molecule has 5 nitrogen and oxygen atoms in total. The fraction of sp³-hybridized carbons (Fsp3) is 0.143. The van der Waals surface area contributed by atoms with Crippen molar-refractivity contribution in [3.05, 3.63) is 45.6 Å². The Labute approximate surface area is 130 Å². The van der Waals surface area contributed by atoms with E-state index in [0.717, 1.165) is 0 Å². The standard InChI is InChI=1S/C14H13ClN2O3S/c1-20-11-5-4-9(15)7-10(11)17-13(18)8-16-14(19)12-3-2-6-21-12/h2-7H,8H2,1H3,(H,16,19)(H,17,18). The Morgan fingerprint density at radius 1 is 1.33 bits per heavy atom. The van der Waals surface area contributed by atoms with Gasteiger partial charge in [0.2, 0.25) is 5.91 Å². The second-order valence-corrected chi connectivity index (χ2v) is 5.44. The van der Waals surface area contributed by atoms with Crippen LogP contribution < -0.4 is 15.4 Å². The molecule has 0 saturated carbocycles. The van der Waals surface area contributed by atoms with Gasteiger partial charge in [-0.15, -0.1) is 11.3 Å². The molecule has 0 bridgehead atoms. The summed E-state index contributed by atoms with van der Waals surface area (Å²) in [7, 11) is 1.50. The average Bonchev–Trinajstić information content (AvgIpc) is 2.99. The van der Waals surface area contributed by atoms with Crippen LogP contribution in [0.15, 0.2) is 35.7 Å². The minimum atomic E-state index is -0.361. The number of nitrogens with one attached hydrogen (secondary N) is 2. The van der Waals surface area contributed by atoms with Crippen molar-refractivity contribution in [2.45, 2.75) is 0 Å². The number of rotatable bonds is 5. The van der Waals surface area contributed by atoms with Crippen LogP contribution in [-0.4, -0.2) is 25.5 Å². The number of halogens is 1. The van der Waals surface area contributed by atoms with Gasteiger partial charge in [0.25, 0.3) is 5.91 Å². The van der Waals surface area contributed by atoms with Gasteiger partial charge in [0.1, 0.15) is 5.75 Å². The van der Waals surface area contributed by atoms with Crippen LogP contribution in [0.2, 0.25) is 5.02 Å². The van der Waals surface area contributed by atoms with Crippen LogP contribution >= 0.6 is 22.9 Å². The Bertz CT molecular complexity index is 644. The Hall–Kier alpha value is -2.05. The van der Waals surface area contributed by atoms with Gasteiger partial charge in [-0.1, -0.05) is 17.7 Å². The summed E-state index contributed by atoms with van der Waals surface area (Å²) in [6, 6.07) is 8.37. The molecule has 0 spiro atoms. The van der Waals surface area contributed by atoms with Crippen molar-refractivity contribution in [2.75, 3.05) is 19.0 Å². The zero-order valence-electron chi connectivity index (χ0n) is 11.2. The maximum Gasteiger partial charge on any atom is 0.261 e. The molecule has 7 heteroatoms. The first-order valence-electron chi connectivity index (χ1n) is 6.05. The van der Waals surface area contributed by atoms with Gasteiger partial charge in [0.15, 0.2) is 0 Å². The summed E-state index contributed by atoms with van der Waals surface area (Å²) in [5.74, 6) is -0.143. The SMILES string of the molecule is COc1ccc(Cl)cc1NC(=O)CNC(=O)c1cccs1. The van der Waals surface area contributed by atoms with E-state index >= 15 is 0 Å². The third-order valence-electron chi connectivity index (χ3n) is 2.59. The molecule has 21 heavy (non-hydrogen) atoms. The maximum absolute atomic E-state index is 11.8. The molecule has 0 saturated heterocycles. The number of amides is 2. The lowest BCUT2D eigenvalue weighted by atomic mass is 10.3. The Morgan fingerprint density at radius 2 is 2.14 bits per heavy atom. The number of anilines is 1. The fourth-order valence-corrected chi connectivity index (χ4v) is 2.44. The highest BCUT2D eigenvalue weighted by Crippen LogP contribution is 2.27. The van der Waals surface area contributed by atoms with E-state index in [-0.39, 0.29) is 18.4 Å². The highest BCUT2D eigenvalue weighted by Gasteiger charge is 2.11. The summed E-state index contributed by atoms with van der Waals surface area (Å²) < 4.78 is 5.13. The average molecular weight is 325 g/mol. The van der Waals surface area contributed by atoms with E-state index in [4.69, 9.17) is 16.3 Å². The van der Waals surface area contributed by atoms with Crippen LogP contribution in [0, 0.1) is 0 Å². The maximum atomic E-state index is 11.8. The van der Waals surface area contributed by atoms with Gasteiger partial charge >= 0.3 is 0 Å². The molecule has 1 aromatic carbocycles. The summed E-state index contributed by atoms with van der Waals surface area (Å²) in [5, 5.41) is 7.46. The van der Waals surface area contributed by atoms with E-state index in [1.54, 1.807) is 35.7 Å². The van der Waals surface area contributed by atoms with Crippen molar-refractivity contribution in [1.29, 1.82) is 0 Å². The molecule has 0 aliphatic heterocycles. The predicted octanol–water partition coefficient (Wildman–Crippen LogP) is 2.78. The molecule has 0 fully saturated rings. The molecule has 0 atom stereocenters. The lowest BCUT2D eigenvalue weighted by Crippen LogP contribution is -2.32. The molecule has 110 valence electrons. The second-order valence-electron chi connectivity index (χ2n) is 4.05. The molecule has 0 unspecified atom stereocenters. The Morgan fingerprint density at radius 3 is 2.81 bits per heavy atom. The highest BCUT2D eigenvalue weighted by atomic mass is 35.5. The molecule has 0 aliphatic carbocycles. The van der Waals surface area contributed by atoms with Gasteiger partial charge in [-0.05, 0) is 29.6 Å². The first-order valence-corrected chi connectivity index (χ1v) is 7.31. The van der Waals surface area contributed by atoms with Crippen LogP contribution in [0.3, 0.4) is 0 Å². The zero-order valence-corrected chi connectivity index (χ0v) is 12.8. The molecular formula is C14H13ClN2O3S. The summed E-state index contributed by atoms with van der Waals surface area (Å²) >= 11 is 7.19. The van der Waals surface area contributed by atoms with E-state index in [9.17, 15) is 9.59 Å². The van der Waals surface area contributed by atoms with Crippen molar-refractivity contribution in [3.63, 3.8) is 0 Å². The highest BCUT2D eigenvalue weighted by molar-refractivity contribution is 7.12. The Kier molecular flexibility index (Phi) is 5.19. The third-order valence-corrected chi connectivity index (χ3v) is 3.69. The summed E-state index contributed by atoms with van der Waals surface area (Å²) in [4.78, 5) is 24.1. The van der Waals surface area contributed by atoms with Crippen molar-refractivity contribution in [2.24, 2.45) is 0 Å². The lowest BCUT2D eigenvalue weighted by Gasteiger charge is -2.10. The number of methoxy groups -OCH3 is 1. The normalized spacial score (nSPS) is 10.0. The van der Waals surface area contributed by atoms with Crippen molar-refractivity contribution < 1.29 is 14.3 Å². The molecule has 2 amide bonds. The van der Waals surface area contributed by atoms with Gasteiger partial charge < -0.3 is 15.4 Å². The fourth-order valence-electron chi connectivity index (χ4n) is 1.63. The van der Waals surface area contributed by atoms with Crippen LogP contribution in [-0.2, 0) is 4.79 Å². The number of benzene rings is 1. The number of ether oxygens (including phenoxy) is 1. The smallest absolute Gasteiger partial charge is 0.261 e. The zero-order chi connectivity index (χ0) is 15.2. The molecule has 2 aromatic rings. The third kappa shape index (κ3) is 4.21. The van der Waals surface area contributed by atoms with Crippen LogP contribution in [0.4, 0.5) is 5.69 Å². The summed E-state index contributed by atoms with van der Waals surface area (Å²) in [6.45, 7) is -0.133. The van der Waals surface area contributed by atoms with Gasteiger partial charge in [-0.3, -0.25) is 9.59 Å². The topological polar surface area (TPSA) is 67.4 Å². The molecule has 2 N–H and O–H groups in total. The monoisotopic (exact) mass is 324 g/mol. The molecule has 0 aliphatic rings. The molecule has 0 radical (unpaired) electrons. The van der Waals surface area contributed by atoms with E-state index in [1.165, 1.54) is 18.4 Å². The summed E-state index contributed by atoms with van der Waals surface area (Å²) in [5.41, 5.74) is 0.459. The van der Waals surface area contributed by atoms with Crippen molar-refractivity contribution in [1.82, 2.24) is 5.32 Å². The van der Waals surface area contributed by atoms with Crippen molar-refractivity contribution >= 4 is 40.4 Å². The molecular weight excluding hydrogens is 312 g/mol. The largest absolute Gasteiger partial charge is 0.495 e. The minimum absolute atomic E-state index is 0.133. The van der Waals surface area contributed by atoms with Crippen LogP contribution in [0.1, 0.15) is 9.67 Å². The Balaban J connectivity index is 1.93. The van der Waals surface area contributed by atoms with Gasteiger partial charge in [0.05, 0.1) is 24.2 Å². The predicted molar refractivity (Wildman–Crippen MR) is 83.3 cm³/mol. The number of carbonyl (C=O) groups is 2. The van der Waals surface area contributed by atoms with Gasteiger partial charge in [-0.2, -0.15) is 0 Å². The number of thiophene rings is 1. The van der Waals surface area contributed by atoms with E-state index in [2.05, 4.69) is 10.6 Å². The molecule has 1 aromatic heterocycles. The quantitative estimate of drug-likeness (QED) is 0.888. The molecule has 2 rings (SSSR count). The summed E-state index contributed by atoms with van der Waals surface area (Å²) in [6.07, 6.45) is 0. The van der Waals surface area contributed by atoms with Crippen LogP contribution in [0.5, 0.6) is 5.75 Å². The van der Waals surface area contributed by atoms with Gasteiger partial charge in [0, 0.05) is 5.02 Å². The number of hydrogen-bond donors (Lipinski definition) is 2. The first-order chi connectivity index (χ1) is 10.1. The second kappa shape index (κ2) is 7.10. The lowest BCUT2D eigenvalue weighted by molar-refractivity contribution is -0.115. The first kappa shape index (κ1) is 15.3.